The number of nitrogens with zero attached hydrogens (tertiary/aromatic N) is 2. The van der Waals surface area contributed by atoms with Gasteiger partial charge >= 0.3 is 6.18 Å². The number of benzene rings is 2. The van der Waals surface area contributed by atoms with E-state index in [4.69, 9.17) is 9.90 Å². The van der Waals surface area contributed by atoms with Gasteiger partial charge in [-0.05, 0) is 25.0 Å². The SMILES string of the molecule is C[C@@H](c1ccccc1)n1cc[n+]([C@@H](C)c2ccccc2)c1.O=C([O-])C(F)(F)F. The van der Waals surface area contributed by atoms with Crippen LogP contribution in [0.15, 0.2) is 79.4 Å². The highest BCUT2D eigenvalue weighted by Crippen LogP contribution is 2.17. The Hall–Kier alpha value is -3.09. The number of hydrogen-bond donors (Lipinski definition) is 0. The average molecular weight is 390 g/mol. The van der Waals surface area contributed by atoms with Gasteiger partial charge in [-0.1, -0.05) is 60.7 Å². The number of alkyl halides is 3. The van der Waals surface area contributed by atoms with Gasteiger partial charge in [-0.3, -0.25) is 0 Å². The second-order valence-corrected chi connectivity index (χ2v) is 6.27. The molecule has 1 aromatic heterocycles. The van der Waals surface area contributed by atoms with Crippen molar-refractivity contribution in [2.75, 3.05) is 0 Å². The lowest BCUT2D eigenvalue weighted by Gasteiger charge is -2.09. The van der Waals surface area contributed by atoms with Crippen molar-refractivity contribution in [3.8, 4) is 0 Å². The first kappa shape index (κ1) is 21.2. The first-order valence-electron chi connectivity index (χ1n) is 8.66. The number of halogens is 3. The largest absolute Gasteiger partial charge is 0.542 e. The van der Waals surface area contributed by atoms with Crippen LogP contribution < -0.4 is 9.67 Å². The summed E-state index contributed by atoms with van der Waals surface area (Å²) in [6, 6.07) is 21.9. The molecule has 148 valence electrons. The summed E-state index contributed by atoms with van der Waals surface area (Å²) >= 11 is 0. The summed E-state index contributed by atoms with van der Waals surface area (Å²) in [5.74, 6) is -3.01. The van der Waals surface area contributed by atoms with Crippen LogP contribution in [-0.2, 0) is 4.79 Å². The van der Waals surface area contributed by atoms with Crippen LogP contribution in [0, 0.1) is 0 Å². The minimum absolute atomic E-state index is 0.343. The Balaban J connectivity index is 0.000000345. The van der Waals surface area contributed by atoms with Crippen LogP contribution in [-0.4, -0.2) is 16.7 Å². The summed E-state index contributed by atoms with van der Waals surface area (Å²) in [5, 5.41) is 8.78. The van der Waals surface area contributed by atoms with Crippen molar-refractivity contribution >= 4 is 5.97 Å². The second kappa shape index (κ2) is 9.21. The fraction of sp³-hybridized carbons (Fsp3) is 0.238. The Morgan fingerprint density at radius 1 is 0.964 bits per heavy atom. The smallest absolute Gasteiger partial charge is 0.430 e. The molecule has 0 bridgehead atoms. The van der Waals surface area contributed by atoms with Gasteiger partial charge in [0, 0.05) is 0 Å². The van der Waals surface area contributed by atoms with E-state index in [-0.39, 0.29) is 0 Å². The van der Waals surface area contributed by atoms with E-state index in [9.17, 15) is 13.2 Å². The van der Waals surface area contributed by atoms with E-state index in [1.807, 2.05) is 0 Å². The first-order valence-corrected chi connectivity index (χ1v) is 8.66. The molecule has 4 nitrogen and oxygen atoms in total. The van der Waals surface area contributed by atoms with Gasteiger partial charge in [0.15, 0.2) is 0 Å². The zero-order valence-electron chi connectivity index (χ0n) is 15.5. The fourth-order valence-electron chi connectivity index (χ4n) is 2.65. The predicted molar refractivity (Wildman–Crippen MR) is 96.2 cm³/mol. The van der Waals surface area contributed by atoms with Gasteiger partial charge < -0.3 is 9.90 Å². The van der Waals surface area contributed by atoms with Gasteiger partial charge in [-0.15, -0.1) is 0 Å². The van der Waals surface area contributed by atoms with E-state index >= 15 is 0 Å². The van der Waals surface area contributed by atoms with Gasteiger partial charge in [0.25, 0.3) is 0 Å². The fourth-order valence-corrected chi connectivity index (χ4v) is 2.65. The van der Waals surface area contributed by atoms with Gasteiger partial charge in [0.05, 0.1) is 0 Å². The molecule has 7 heteroatoms. The van der Waals surface area contributed by atoms with Crippen LogP contribution in [0.3, 0.4) is 0 Å². The number of carboxylic acid groups (broad SMARTS) is 1. The molecule has 0 fully saturated rings. The zero-order valence-corrected chi connectivity index (χ0v) is 15.5. The van der Waals surface area contributed by atoms with Crippen molar-refractivity contribution in [3.63, 3.8) is 0 Å². The van der Waals surface area contributed by atoms with Gasteiger partial charge in [-0.25, -0.2) is 9.13 Å². The number of carbonyl (C=O) groups is 1. The molecular weight excluding hydrogens is 369 g/mol. The highest BCUT2D eigenvalue weighted by molar-refractivity contribution is 5.70. The molecular formula is C21H21F3N2O2. The Kier molecular flexibility index (Phi) is 6.98. The van der Waals surface area contributed by atoms with E-state index in [1.54, 1.807) is 0 Å². The molecule has 0 N–H and O–H groups in total. The van der Waals surface area contributed by atoms with Crippen molar-refractivity contribution < 1.29 is 27.6 Å². The number of rotatable bonds is 4. The molecule has 0 saturated heterocycles. The summed E-state index contributed by atoms with van der Waals surface area (Å²) < 4.78 is 36.1. The third kappa shape index (κ3) is 5.70. The second-order valence-electron chi connectivity index (χ2n) is 6.27. The van der Waals surface area contributed by atoms with E-state index in [0.29, 0.717) is 12.1 Å². The summed E-state index contributed by atoms with van der Waals surface area (Å²) in [5.41, 5.74) is 2.65. The molecule has 0 spiro atoms. The lowest BCUT2D eigenvalue weighted by molar-refractivity contribution is -0.710. The quantitative estimate of drug-likeness (QED) is 0.642. The lowest BCUT2D eigenvalue weighted by atomic mass is 10.1. The molecule has 0 saturated carbocycles. The normalized spacial score (nSPS) is 13.2. The Bertz CT molecular complexity index is 817. The molecule has 2 aromatic carbocycles. The Labute approximate surface area is 161 Å². The van der Waals surface area contributed by atoms with Crippen molar-refractivity contribution in [1.29, 1.82) is 0 Å². The number of carbonyl (C=O) groups excluding carboxylic acids is 1. The molecule has 0 radical (unpaired) electrons. The van der Waals surface area contributed by atoms with Gasteiger partial charge in [-0.2, -0.15) is 13.2 Å². The lowest BCUT2D eigenvalue weighted by Crippen LogP contribution is -2.37. The maximum atomic E-state index is 10.5. The Morgan fingerprint density at radius 2 is 1.43 bits per heavy atom. The van der Waals surface area contributed by atoms with Gasteiger partial charge in [0.2, 0.25) is 6.33 Å². The van der Waals surface area contributed by atoms with E-state index in [1.165, 1.54) is 11.1 Å². The molecule has 0 aliphatic rings. The summed E-state index contributed by atoms with van der Waals surface area (Å²) in [6.07, 6.45) is 1.30. The van der Waals surface area contributed by atoms with Crippen molar-refractivity contribution in [2.24, 2.45) is 0 Å². The van der Waals surface area contributed by atoms with Crippen molar-refractivity contribution in [2.45, 2.75) is 32.1 Å². The first-order chi connectivity index (χ1) is 13.2. The number of aliphatic carboxylic acids is 1. The zero-order chi connectivity index (χ0) is 20.7. The number of carboxylic acids is 1. The van der Waals surface area contributed by atoms with Crippen LogP contribution in [0.1, 0.15) is 37.1 Å². The maximum absolute atomic E-state index is 10.5. The van der Waals surface area contributed by atoms with Crippen LogP contribution in [0.5, 0.6) is 0 Å². The maximum Gasteiger partial charge on any atom is 0.430 e. The molecule has 3 aromatic rings. The minimum Gasteiger partial charge on any atom is -0.542 e. The molecule has 28 heavy (non-hydrogen) atoms. The van der Waals surface area contributed by atoms with Crippen LogP contribution in [0.25, 0.3) is 0 Å². The number of aromatic nitrogens is 2. The van der Waals surface area contributed by atoms with Crippen molar-refractivity contribution in [3.05, 3.63) is 90.5 Å². The molecule has 0 amide bonds. The third-order valence-corrected chi connectivity index (χ3v) is 4.37. The van der Waals surface area contributed by atoms with Crippen LogP contribution >= 0.6 is 0 Å². The third-order valence-electron chi connectivity index (χ3n) is 4.37. The summed E-state index contributed by atoms with van der Waals surface area (Å²) in [6.45, 7) is 4.46. The van der Waals surface area contributed by atoms with Crippen LogP contribution in [0.4, 0.5) is 13.2 Å². The molecule has 3 rings (SSSR count). The van der Waals surface area contributed by atoms with Crippen LogP contribution in [0.2, 0.25) is 0 Å². The van der Waals surface area contributed by atoms with Crippen molar-refractivity contribution in [1.82, 2.24) is 4.57 Å². The minimum atomic E-state index is -5.19. The van der Waals surface area contributed by atoms with E-state index < -0.39 is 12.1 Å². The molecule has 1 heterocycles. The topological polar surface area (TPSA) is 48.9 Å². The average Bonchev–Trinajstić information content (AvgIpc) is 3.18. The van der Waals surface area contributed by atoms with Gasteiger partial charge in [0.1, 0.15) is 30.4 Å². The summed E-state index contributed by atoms with van der Waals surface area (Å²) in [4.78, 5) is 8.78. The standard InChI is InChI=1S/C19H21N2.C2HF3O2/c1-16(18-9-5-3-6-10-18)20-13-14-21(15-20)17(2)19-11-7-4-8-12-19;3-2(4,5)1(6)7/h3-17H,1-2H3;(H,6,7)/q+1;/p-1/t16-,17-;/m0./s1. The molecule has 0 aliphatic heterocycles. The number of imidazole rings is 1. The highest BCUT2D eigenvalue weighted by atomic mass is 19.4. The van der Waals surface area contributed by atoms with E-state index in [0.717, 1.165) is 0 Å². The molecule has 2 atom stereocenters. The predicted octanol–water partition coefficient (Wildman–Crippen LogP) is 3.29. The molecule has 0 aliphatic carbocycles. The number of hydrogen-bond acceptors (Lipinski definition) is 2. The molecule has 0 unspecified atom stereocenters. The van der Waals surface area contributed by atoms with E-state index in [2.05, 4.69) is 102 Å². The monoisotopic (exact) mass is 390 g/mol. The Morgan fingerprint density at radius 3 is 1.89 bits per heavy atom. The highest BCUT2D eigenvalue weighted by Gasteiger charge is 2.28. The summed E-state index contributed by atoms with van der Waals surface area (Å²) in [7, 11) is 0.